The first kappa shape index (κ1) is 16.4. The minimum absolute atomic E-state index is 0.787. The molecule has 0 fully saturated rings. The van der Waals surface area contributed by atoms with Crippen molar-refractivity contribution in [2.75, 3.05) is 19.4 Å². The summed E-state index contributed by atoms with van der Waals surface area (Å²) in [4.78, 5) is 0. The summed E-state index contributed by atoms with van der Waals surface area (Å²) in [6.45, 7) is 8.62. The summed E-state index contributed by atoms with van der Waals surface area (Å²) in [5, 5.41) is 3.36. The second-order valence-electron chi connectivity index (χ2n) is 5.16. The molecule has 19 heavy (non-hydrogen) atoms. The molecule has 0 aliphatic carbocycles. The van der Waals surface area contributed by atoms with Gasteiger partial charge in [0.1, 0.15) is 5.75 Å². The van der Waals surface area contributed by atoms with Crippen LogP contribution in [-0.4, -0.2) is 19.4 Å². The topological polar surface area (TPSA) is 21.3 Å². The summed E-state index contributed by atoms with van der Waals surface area (Å²) >= 11 is 2.00. The zero-order chi connectivity index (χ0) is 14.1. The van der Waals surface area contributed by atoms with Crippen molar-refractivity contribution in [3.8, 4) is 5.75 Å². The van der Waals surface area contributed by atoms with Gasteiger partial charge in [-0.3, -0.25) is 0 Å². The molecule has 0 heterocycles. The molecule has 0 bridgehead atoms. The van der Waals surface area contributed by atoms with E-state index in [4.69, 9.17) is 4.74 Å². The number of hydrogen-bond donors (Lipinski definition) is 1. The lowest BCUT2D eigenvalue weighted by molar-refractivity contribution is 0.411. The molecular formula is C16H27NOS. The van der Waals surface area contributed by atoms with E-state index in [1.165, 1.54) is 23.3 Å². The summed E-state index contributed by atoms with van der Waals surface area (Å²) in [6.07, 6.45) is 1.28. The first-order valence-electron chi connectivity index (χ1n) is 7.11. The van der Waals surface area contributed by atoms with E-state index in [0.29, 0.717) is 0 Å². The standard InChI is InChI=1S/C16H27NOS/c1-5-17-11-14-6-7-16(18-4)15(10-14)12-19-9-8-13(2)3/h6-7,10,13,17H,5,8-9,11-12H2,1-4H3. The van der Waals surface area contributed by atoms with E-state index < -0.39 is 0 Å². The van der Waals surface area contributed by atoms with Gasteiger partial charge in [0.2, 0.25) is 0 Å². The molecule has 1 N–H and O–H groups in total. The van der Waals surface area contributed by atoms with Gasteiger partial charge in [0.05, 0.1) is 7.11 Å². The Labute approximate surface area is 122 Å². The van der Waals surface area contributed by atoms with Crippen molar-refractivity contribution in [3.05, 3.63) is 29.3 Å². The summed E-state index contributed by atoms with van der Waals surface area (Å²) in [5.41, 5.74) is 2.65. The zero-order valence-electron chi connectivity index (χ0n) is 12.7. The molecule has 0 aliphatic heterocycles. The van der Waals surface area contributed by atoms with Crippen LogP contribution in [0.5, 0.6) is 5.75 Å². The van der Waals surface area contributed by atoms with Gasteiger partial charge in [-0.25, -0.2) is 0 Å². The van der Waals surface area contributed by atoms with Crippen molar-refractivity contribution in [2.45, 2.75) is 39.5 Å². The third-order valence-corrected chi connectivity index (χ3v) is 4.06. The second-order valence-corrected chi connectivity index (χ2v) is 6.27. The van der Waals surface area contributed by atoms with Crippen molar-refractivity contribution >= 4 is 11.8 Å². The molecule has 1 aromatic rings. The molecule has 3 heteroatoms. The maximum atomic E-state index is 5.45. The molecule has 0 saturated carbocycles. The highest BCUT2D eigenvalue weighted by Crippen LogP contribution is 2.25. The lowest BCUT2D eigenvalue weighted by atomic mass is 10.1. The van der Waals surface area contributed by atoms with Crippen LogP contribution >= 0.6 is 11.8 Å². The number of methoxy groups -OCH3 is 1. The predicted molar refractivity (Wildman–Crippen MR) is 86.0 cm³/mol. The normalized spacial score (nSPS) is 11.0. The van der Waals surface area contributed by atoms with Gasteiger partial charge < -0.3 is 10.1 Å². The van der Waals surface area contributed by atoms with Gasteiger partial charge in [0.25, 0.3) is 0 Å². The Morgan fingerprint density at radius 1 is 1.32 bits per heavy atom. The third-order valence-electron chi connectivity index (χ3n) is 3.02. The molecule has 2 nitrogen and oxygen atoms in total. The van der Waals surface area contributed by atoms with Crippen LogP contribution < -0.4 is 10.1 Å². The highest BCUT2D eigenvalue weighted by molar-refractivity contribution is 7.98. The summed E-state index contributed by atoms with van der Waals surface area (Å²) < 4.78 is 5.45. The molecule has 0 atom stereocenters. The van der Waals surface area contributed by atoms with Crippen molar-refractivity contribution in [2.24, 2.45) is 5.92 Å². The van der Waals surface area contributed by atoms with Crippen LogP contribution in [0.4, 0.5) is 0 Å². The molecule has 0 spiro atoms. The van der Waals surface area contributed by atoms with Crippen LogP contribution in [0, 0.1) is 5.92 Å². The Morgan fingerprint density at radius 3 is 2.74 bits per heavy atom. The maximum Gasteiger partial charge on any atom is 0.122 e. The van der Waals surface area contributed by atoms with Crippen molar-refractivity contribution in [1.82, 2.24) is 5.32 Å². The van der Waals surface area contributed by atoms with Crippen LogP contribution in [0.15, 0.2) is 18.2 Å². The highest BCUT2D eigenvalue weighted by atomic mass is 32.2. The predicted octanol–water partition coefficient (Wildman–Crippen LogP) is 4.08. The van der Waals surface area contributed by atoms with Gasteiger partial charge in [-0.2, -0.15) is 11.8 Å². The van der Waals surface area contributed by atoms with Crippen LogP contribution in [0.25, 0.3) is 0 Å². The van der Waals surface area contributed by atoms with E-state index >= 15 is 0 Å². The molecule has 0 radical (unpaired) electrons. The van der Waals surface area contributed by atoms with Crippen LogP contribution in [0.2, 0.25) is 0 Å². The van der Waals surface area contributed by atoms with E-state index in [1.54, 1.807) is 7.11 Å². The van der Waals surface area contributed by atoms with E-state index in [9.17, 15) is 0 Å². The van der Waals surface area contributed by atoms with Crippen molar-refractivity contribution in [3.63, 3.8) is 0 Å². The maximum absolute atomic E-state index is 5.45. The second kappa shape index (κ2) is 9.27. The van der Waals surface area contributed by atoms with Gasteiger partial charge in [-0.05, 0) is 42.3 Å². The zero-order valence-corrected chi connectivity index (χ0v) is 13.5. The van der Waals surface area contributed by atoms with E-state index in [0.717, 1.165) is 30.5 Å². The largest absolute Gasteiger partial charge is 0.496 e. The van der Waals surface area contributed by atoms with Crippen LogP contribution in [-0.2, 0) is 12.3 Å². The lowest BCUT2D eigenvalue weighted by Crippen LogP contribution is -2.11. The Morgan fingerprint density at radius 2 is 2.11 bits per heavy atom. The number of benzene rings is 1. The van der Waals surface area contributed by atoms with Crippen molar-refractivity contribution in [1.29, 1.82) is 0 Å². The van der Waals surface area contributed by atoms with Crippen LogP contribution in [0.1, 0.15) is 38.3 Å². The molecular weight excluding hydrogens is 254 g/mol. The van der Waals surface area contributed by atoms with Gasteiger partial charge in [0.15, 0.2) is 0 Å². The fourth-order valence-corrected chi connectivity index (χ4v) is 3.05. The van der Waals surface area contributed by atoms with Gasteiger partial charge in [-0.1, -0.05) is 26.8 Å². The minimum Gasteiger partial charge on any atom is -0.496 e. The number of hydrogen-bond acceptors (Lipinski definition) is 3. The molecule has 1 rings (SSSR count). The molecule has 0 unspecified atom stereocenters. The number of nitrogens with one attached hydrogen (secondary N) is 1. The van der Waals surface area contributed by atoms with Crippen molar-refractivity contribution < 1.29 is 4.74 Å². The van der Waals surface area contributed by atoms with Gasteiger partial charge in [0, 0.05) is 17.9 Å². The number of ether oxygens (including phenoxy) is 1. The first-order valence-corrected chi connectivity index (χ1v) is 8.27. The Balaban J connectivity index is 2.57. The fraction of sp³-hybridized carbons (Fsp3) is 0.625. The summed E-state index contributed by atoms with van der Waals surface area (Å²) in [5.74, 6) is 4.06. The third kappa shape index (κ3) is 6.35. The van der Waals surface area contributed by atoms with E-state index in [2.05, 4.69) is 44.3 Å². The van der Waals surface area contributed by atoms with E-state index in [-0.39, 0.29) is 0 Å². The smallest absolute Gasteiger partial charge is 0.122 e. The first-order chi connectivity index (χ1) is 9.17. The fourth-order valence-electron chi connectivity index (χ4n) is 1.83. The number of thioether (sulfide) groups is 1. The van der Waals surface area contributed by atoms with Crippen LogP contribution in [0.3, 0.4) is 0 Å². The van der Waals surface area contributed by atoms with Gasteiger partial charge in [-0.15, -0.1) is 0 Å². The Kier molecular flexibility index (Phi) is 7.99. The molecule has 1 aromatic carbocycles. The monoisotopic (exact) mass is 281 g/mol. The van der Waals surface area contributed by atoms with Gasteiger partial charge >= 0.3 is 0 Å². The van der Waals surface area contributed by atoms with E-state index in [1.807, 2.05) is 11.8 Å². The molecule has 0 aliphatic rings. The summed E-state index contributed by atoms with van der Waals surface area (Å²) in [7, 11) is 1.75. The molecule has 0 saturated heterocycles. The Hall–Kier alpha value is -0.670. The quantitative estimate of drug-likeness (QED) is 0.689. The number of rotatable bonds is 9. The lowest BCUT2D eigenvalue weighted by Gasteiger charge is -2.11. The summed E-state index contributed by atoms with van der Waals surface area (Å²) in [6, 6.07) is 6.50. The molecule has 108 valence electrons. The molecule has 0 aromatic heterocycles. The average molecular weight is 281 g/mol. The average Bonchev–Trinajstić information content (AvgIpc) is 2.41. The Bertz CT molecular complexity index is 366. The highest BCUT2D eigenvalue weighted by Gasteiger charge is 2.05. The minimum atomic E-state index is 0.787. The SMILES string of the molecule is CCNCc1ccc(OC)c(CSCCC(C)C)c1. The molecule has 0 amide bonds.